The summed E-state index contributed by atoms with van der Waals surface area (Å²) in [6.45, 7) is 1.42. The van der Waals surface area contributed by atoms with Crippen molar-refractivity contribution in [3.63, 3.8) is 0 Å². The van der Waals surface area contributed by atoms with Gasteiger partial charge in [-0.1, -0.05) is 12.1 Å². The van der Waals surface area contributed by atoms with Crippen molar-refractivity contribution in [2.24, 2.45) is 11.1 Å². The molecule has 4 N–H and O–H groups in total. The highest BCUT2D eigenvalue weighted by molar-refractivity contribution is 5.95. The molecule has 0 aromatic heterocycles. The molecule has 1 aromatic rings. The van der Waals surface area contributed by atoms with Crippen LogP contribution in [0.3, 0.4) is 0 Å². The van der Waals surface area contributed by atoms with Crippen molar-refractivity contribution in [1.82, 2.24) is 0 Å². The summed E-state index contributed by atoms with van der Waals surface area (Å²) in [5, 5.41) is 12.0. The lowest BCUT2D eigenvalue weighted by molar-refractivity contribution is -0.130. The summed E-state index contributed by atoms with van der Waals surface area (Å²) in [5.74, 6) is -0.0617. The molecule has 1 aromatic carbocycles. The van der Waals surface area contributed by atoms with Crippen LogP contribution in [0.4, 0.5) is 5.69 Å². The summed E-state index contributed by atoms with van der Waals surface area (Å²) in [4.78, 5) is 12.4. The van der Waals surface area contributed by atoms with E-state index in [9.17, 15) is 4.79 Å². The standard InChI is InChI=1S/C14H20N2O3/c15-10-14(4-6-19-7-5-14)13(18)16-12-3-1-2-11(8-12)9-17/h1-3,8,17H,4-7,9-10,15H2,(H,16,18). The Kier molecular flexibility index (Phi) is 4.52. The van der Waals surface area contributed by atoms with Gasteiger partial charge in [-0.05, 0) is 30.5 Å². The van der Waals surface area contributed by atoms with Gasteiger partial charge in [0, 0.05) is 25.4 Å². The fourth-order valence-electron chi connectivity index (χ4n) is 2.30. The Morgan fingerprint density at radius 1 is 1.42 bits per heavy atom. The number of carbonyl (C=O) groups excluding carboxylic acids is 1. The number of hydrogen-bond acceptors (Lipinski definition) is 4. The second kappa shape index (κ2) is 6.14. The van der Waals surface area contributed by atoms with E-state index in [0.29, 0.717) is 38.3 Å². The van der Waals surface area contributed by atoms with Gasteiger partial charge in [0.05, 0.1) is 12.0 Å². The van der Waals surface area contributed by atoms with E-state index in [4.69, 9.17) is 15.6 Å². The number of ether oxygens (including phenoxy) is 1. The SMILES string of the molecule is NCC1(C(=O)Nc2cccc(CO)c2)CCOCC1. The molecule has 0 saturated carbocycles. The molecule has 19 heavy (non-hydrogen) atoms. The zero-order valence-electron chi connectivity index (χ0n) is 10.9. The van der Waals surface area contributed by atoms with Crippen LogP contribution in [-0.2, 0) is 16.1 Å². The molecule has 0 spiro atoms. The molecular formula is C14H20N2O3. The number of nitrogens with one attached hydrogen (secondary N) is 1. The largest absolute Gasteiger partial charge is 0.392 e. The van der Waals surface area contributed by atoms with E-state index in [1.54, 1.807) is 18.2 Å². The molecule has 5 heteroatoms. The normalized spacial score (nSPS) is 18.0. The average Bonchev–Trinajstić information content (AvgIpc) is 2.48. The van der Waals surface area contributed by atoms with Crippen LogP contribution in [0, 0.1) is 5.41 Å². The quantitative estimate of drug-likeness (QED) is 0.753. The zero-order valence-corrected chi connectivity index (χ0v) is 10.9. The second-order valence-electron chi connectivity index (χ2n) is 4.91. The van der Waals surface area contributed by atoms with Crippen LogP contribution >= 0.6 is 0 Å². The molecule has 0 aliphatic carbocycles. The summed E-state index contributed by atoms with van der Waals surface area (Å²) >= 11 is 0. The van der Waals surface area contributed by atoms with Crippen LogP contribution in [0.2, 0.25) is 0 Å². The molecule has 104 valence electrons. The van der Waals surface area contributed by atoms with Crippen molar-refractivity contribution in [2.75, 3.05) is 25.1 Å². The van der Waals surface area contributed by atoms with Gasteiger partial charge in [-0.25, -0.2) is 0 Å². The number of nitrogens with two attached hydrogens (primary N) is 1. The lowest BCUT2D eigenvalue weighted by Gasteiger charge is -2.34. The molecule has 1 amide bonds. The summed E-state index contributed by atoms with van der Waals surface area (Å²) in [7, 11) is 0. The number of anilines is 1. The van der Waals surface area contributed by atoms with Gasteiger partial charge < -0.3 is 20.9 Å². The Morgan fingerprint density at radius 3 is 2.79 bits per heavy atom. The maximum Gasteiger partial charge on any atom is 0.232 e. The molecule has 1 saturated heterocycles. The smallest absolute Gasteiger partial charge is 0.232 e. The molecule has 5 nitrogen and oxygen atoms in total. The van der Waals surface area contributed by atoms with Gasteiger partial charge in [0.2, 0.25) is 5.91 Å². The van der Waals surface area contributed by atoms with Gasteiger partial charge in [-0.2, -0.15) is 0 Å². The first-order chi connectivity index (χ1) is 9.20. The van der Waals surface area contributed by atoms with Gasteiger partial charge in [0.1, 0.15) is 0 Å². The van der Waals surface area contributed by atoms with Gasteiger partial charge in [0.25, 0.3) is 0 Å². The molecule has 0 unspecified atom stereocenters. The third-order valence-electron chi connectivity index (χ3n) is 3.69. The zero-order chi connectivity index (χ0) is 13.7. The van der Waals surface area contributed by atoms with Crippen LogP contribution in [0.15, 0.2) is 24.3 Å². The van der Waals surface area contributed by atoms with Crippen molar-refractivity contribution in [1.29, 1.82) is 0 Å². The number of aliphatic hydroxyl groups is 1. The monoisotopic (exact) mass is 264 g/mol. The Bertz CT molecular complexity index is 442. The molecule has 1 aliphatic heterocycles. The molecule has 0 bridgehead atoms. The van der Waals surface area contributed by atoms with E-state index in [-0.39, 0.29) is 12.5 Å². The first-order valence-electron chi connectivity index (χ1n) is 6.49. The fourth-order valence-corrected chi connectivity index (χ4v) is 2.30. The molecule has 0 radical (unpaired) electrons. The van der Waals surface area contributed by atoms with Crippen LogP contribution in [0.25, 0.3) is 0 Å². The van der Waals surface area contributed by atoms with Gasteiger partial charge in [-0.3, -0.25) is 4.79 Å². The fraction of sp³-hybridized carbons (Fsp3) is 0.500. The Balaban J connectivity index is 2.10. The maximum atomic E-state index is 12.4. The lowest BCUT2D eigenvalue weighted by atomic mass is 9.79. The number of rotatable bonds is 4. The van der Waals surface area contributed by atoms with E-state index in [1.165, 1.54) is 0 Å². The second-order valence-corrected chi connectivity index (χ2v) is 4.91. The molecule has 2 rings (SSSR count). The minimum atomic E-state index is -0.534. The van der Waals surface area contributed by atoms with Crippen LogP contribution < -0.4 is 11.1 Å². The highest BCUT2D eigenvalue weighted by Crippen LogP contribution is 2.31. The first kappa shape index (κ1) is 14.0. The van der Waals surface area contributed by atoms with Gasteiger partial charge in [0.15, 0.2) is 0 Å². The number of aliphatic hydroxyl groups excluding tert-OH is 1. The third-order valence-corrected chi connectivity index (χ3v) is 3.69. The van der Waals surface area contributed by atoms with Crippen molar-refractivity contribution in [3.05, 3.63) is 29.8 Å². The highest BCUT2D eigenvalue weighted by Gasteiger charge is 2.38. The van der Waals surface area contributed by atoms with E-state index in [0.717, 1.165) is 5.56 Å². The van der Waals surface area contributed by atoms with Crippen molar-refractivity contribution in [2.45, 2.75) is 19.4 Å². The van der Waals surface area contributed by atoms with E-state index < -0.39 is 5.41 Å². The molecular weight excluding hydrogens is 244 g/mol. The van der Waals surface area contributed by atoms with Crippen LogP contribution in [-0.4, -0.2) is 30.8 Å². The molecule has 1 aliphatic rings. The highest BCUT2D eigenvalue weighted by atomic mass is 16.5. The van der Waals surface area contributed by atoms with Crippen molar-refractivity contribution in [3.8, 4) is 0 Å². The molecule has 1 heterocycles. The van der Waals surface area contributed by atoms with Crippen molar-refractivity contribution < 1.29 is 14.6 Å². The molecule has 0 atom stereocenters. The van der Waals surface area contributed by atoms with E-state index in [2.05, 4.69) is 5.32 Å². The Hall–Kier alpha value is -1.43. The number of amides is 1. The van der Waals surface area contributed by atoms with E-state index in [1.807, 2.05) is 6.07 Å². The predicted molar refractivity (Wildman–Crippen MR) is 72.5 cm³/mol. The molecule has 1 fully saturated rings. The predicted octanol–water partition coefficient (Wildman–Crippen LogP) is 0.873. The number of benzene rings is 1. The minimum Gasteiger partial charge on any atom is -0.392 e. The summed E-state index contributed by atoms with van der Waals surface area (Å²) in [5.41, 5.74) is 6.72. The van der Waals surface area contributed by atoms with Gasteiger partial charge in [-0.15, -0.1) is 0 Å². The minimum absolute atomic E-state index is 0.0421. The lowest BCUT2D eigenvalue weighted by Crippen LogP contribution is -2.46. The number of hydrogen-bond donors (Lipinski definition) is 3. The Morgan fingerprint density at radius 2 is 2.16 bits per heavy atom. The summed E-state index contributed by atoms with van der Waals surface area (Å²) in [6.07, 6.45) is 1.30. The topological polar surface area (TPSA) is 84.6 Å². The third kappa shape index (κ3) is 3.12. The maximum absolute atomic E-state index is 12.4. The van der Waals surface area contributed by atoms with Gasteiger partial charge >= 0.3 is 0 Å². The van der Waals surface area contributed by atoms with Crippen LogP contribution in [0.5, 0.6) is 0 Å². The number of carbonyl (C=O) groups is 1. The average molecular weight is 264 g/mol. The summed E-state index contributed by atoms with van der Waals surface area (Å²) in [6, 6.07) is 7.19. The Labute approximate surface area is 112 Å². The first-order valence-corrected chi connectivity index (χ1v) is 6.49. The van der Waals surface area contributed by atoms with Crippen LogP contribution in [0.1, 0.15) is 18.4 Å². The summed E-state index contributed by atoms with van der Waals surface area (Å²) < 4.78 is 5.29. The van der Waals surface area contributed by atoms with Crippen molar-refractivity contribution >= 4 is 11.6 Å². The van der Waals surface area contributed by atoms with E-state index >= 15 is 0 Å².